The van der Waals surface area contributed by atoms with Gasteiger partial charge in [0.2, 0.25) is 5.88 Å². The van der Waals surface area contributed by atoms with Crippen LogP contribution in [-0.2, 0) is 0 Å². The number of H-pyrrole nitrogens is 1. The summed E-state index contributed by atoms with van der Waals surface area (Å²) in [5.41, 5.74) is 13.0. The van der Waals surface area contributed by atoms with Gasteiger partial charge >= 0.3 is 0 Å². The van der Waals surface area contributed by atoms with Crippen LogP contribution in [0, 0.1) is 0 Å². The highest BCUT2D eigenvalue weighted by molar-refractivity contribution is 5.98. The van der Waals surface area contributed by atoms with Crippen LogP contribution >= 0.6 is 0 Å². The second kappa shape index (κ2) is 8.47. The van der Waals surface area contributed by atoms with Gasteiger partial charge in [-0.15, -0.1) is 0 Å². The van der Waals surface area contributed by atoms with Crippen LogP contribution in [-0.4, -0.2) is 33.6 Å². The molecule has 0 radical (unpaired) electrons. The van der Waals surface area contributed by atoms with Crippen LogP contribution in [0.15, 0.2) is 60.7 Å². The zero-order chi connectivity index (χ0) is 21.1. The van der Waals surface area contributed by atoms with Crippen LogP contribution in [0.5, 0.6) is 5.88 Å². The Kier molecular flexibility index (Phi) is 5.59. The van der Waals surface area contributed by atoms with Crippen LogP contribution in [0.3, 0.4) is 0 Å². The lowest BCUT2D eigenvalue weighted by atomic mass is 9.96. The van der Waals surface area contributed by atoms with E-state index in [-0.39, 0.29) is 0 Å². The fourth-order valence-electron chi connectivity index (χ4n) is 3.75. The number of nitrogens with one attached hydrogen (secondary N) is 1. The van der Waals surface area contributed by atoms with Gasteiger partial charge in [-0.05, 0) is 48.3 Å². The lowest BCUT2D eigenvalue weighted by Gasteiger charge is -2.10. The van der Waals surface area contributed by atoms with Crippen molar-refractivity contribution in [2.75, 3.05) is 13.7 Å². The molecule has 1 aromatic carbocycles. The zero-order valence-electron chi connectivity index (χ0n) is 17.4. The van der Waals surface area contributed by atoms with Crippen molar-refractivity contribution in [1.29, 1.82) is 0 Å². The van der Waals surface area contributed by atoms with Gasteiger partial charge in [-0.25, -0.2) is 15.0 Å². The van der Waals surface area contributed by atoms with Gasteiger partial charge < -0.3 is 15.5 Å². The van der Waals surface area contributed by atoms with Gasteiger partial charge in [0.25, 0.3) is 0 Å². The molecule has 3 N–H and O–H groups in total. The van der Waals surface area contributed by atoms with Crippen LogP contribution < -0.4 is 10.5 Å². The predicted molar refractivity (Wildman–Crippen MR) is 122 cm³/mol. The summed E-state index contributed by atoms with van der Waals surface area (Å²) in [7, 11) is 1.62. The summed E-state index contributed by atoms with van der Waals surface area (Å²) in [6.45, 7) is 4.74. The summed E-state index contributed by atoms with van der Waals surface area (Å²) in [5, 5.41) is 1.94. The Hall–Kier alpha value is -3.51. The van der Waals surface area contributed by atoms with Crippen molar-refractivity contribution in [3.05, 3.63) is 66.3 Å². The largest absolute Gasteiger partial charge is 0.480 e. The van der Waals surface area contributed by atoms with E-state index in [0.717, 1.165) is 56.2 Å². The van der Waals surface area contributed by atoms with Crippen LogP contribution in [0.4, 0.5) is 0 Å². The smallest absolute Gasteiger partial charge is 0.224 e. The van der Waals surface area contributed by atoms with Crippen molar-refractivity contribution in [3.63, 3.8) is 0 Å². The number of hydrogen-bond donors (Lipinski definition) is 2. The van der Waals surface area contributed by atoms with Crippen molar-refractivity contribution in [2.45, 2.75) is 20.3 Å². The molecular formula is C24H25N5O. The normalized spacial score (nSPS) is 12.7. The van der Waals surface area contributed by atoms with Gasteiger partial charge in [-0.1, -0.05) is 25.1 Å². The summed E-state index contributed by atoms with van der Waals surface area (Å²) in [6, 6.07) is 8.30. The molecule has 4 aromatic rings. The van der Waals surface area contributed by atoms with E-state index < -0.39 is 0 Å². The minimum Gasteiger partial charge on any atom is -0.480 e. The molecule has 0 aliphatic heterocycles. The molecule has 0 atom stereocenters. The number of allylic oxidation sites excluding steroid dienone is 3. The Balaban J connectivity index is 1.87. The molecule has 3 aromatic heterocycles. The molecule has 0 saturated carbocycles. The van der Waals surface area contributed by atoms with Crippen molar-refractivity contribution in [3.8, 4) is 17.0 Å². The van der Waals surface area contributed by atoms with Crippen LogP contribution in [0.2, 0.25) is 0 Å². The summed E-state index contributed by atoms with van der Waals surface area (Å²) >= 11 is 0. The van der Waals surface area contributed by atoms with E-state index >= 15 is 0 Å². The minimum absolute atomic E-state index is 0.513. The first-order valence-corrected chi connectivity index (χ1v) is 10.00. The zero-order valence-corrected chi connectivity index (χ0v) is 17.4. The quantitative estimate of drug-likeness (QED) is 0.451. The Morgan fingerprint density at radius 3 is 2.77 bits per heavy atom. The van der Waals surface area contributed by atoms with E-state index in [9.17, 15) is 0 Å². The number of fused-ring (bicyclic) bond motifs is 2. The second-order valence-corrected chi connectivity index (χ2v) is 7.09. The molecule has 0 aliphatic rings. The number of hydrogen-bond acceptors (Lipinski definition) is 5. The van der Waals surface area contributed by atoms with Gasteiger partial charge in [-0.3, -0.25) is 0 Å². The van der Waals surface area contributed by atoms with E-state index in [4.69, 9.17) is 10.5 Å². The van der Waals surface area contributed by atoms with E-state index in [0.29, 0.717) is 12.4 Å². The Morgan fingerprint density at radius 1 is 1.13 bits per heavy atom. The summed E-state index contributed by atoms with van der Waals surface area (Å²) < 4.78 is 5.42. The molecule has 6 nitrogen and oxygen atoms in total. The third-order valence-corrected chi connectivity index (χ3v) is 5.20. The fraction of sp³-hybridized carbons (Fsp3) is 0.208. The van der Waals surface area contributed by atoms with Crippen molar-refractivity contribution < 1.29 is 4.74 Å². The maximum absolute atomic E-state index is 5.74. The number of pyridine rings is 1. The van der Waals surface area contributed by atoms with Gasteiger partial charge in [0.1, 0.15) is 12.0 Å². The number of ether oxygens (including phenoxy) is 1. The molecule has 4 rings (SSSR count). The molecule has 6 heteroatoms. The first-order valence-electron chi connectivity index (χ1n) is 10.00. The Labute approximate surface area is 175 Å². The SMILES string of the molecule is CC/C=C(\C(C)=C/CN)c1cnc2[nH]cc(-c3ccc4ncnc(OC)c4c3)c2c1. The van der Waals surface area contributed by atoms with Crippen molar-refractivity contribution in [1.82, 2.24) is 19.9 Å². The summed E-state index contributed by atoms with van der Waals surface area (Å²) in [6.07, 6.45) is 10.6. The molecule has 3 heterocycles. The van der Waals surface area contributed by atoms with E-state index in [2.05, 4.69) is 58.1 Å². The standard InChI is InChI=1S/C24H25N5O/c1-4-5-18(15(2)8-9-25)17-11-19-21(13-27-23(19)26-12-17)16-6-7-22-20(10-16)24(30-3)29-14-28-22/h5-8,10-14H,4,9,25H2,1-3H3,(H,26,27)/b15-8-,18-5+. The third kappa shape index (κ3) is 3.57. The molecule has 0 aliphatic carbocycles. The molecular weight excluding hydrogens is 374 g/mol. The highest BCUT2D eigenvalue weighted by atomic mass is 16.5. The van der Waals surface area contributed by atoms with Gasteiger partial charge in [0, 0.05) is 35.5 Å². The molecule has 0 fully saturated rings. The highest BCUT2D eigenvalue weighted by Gasteiger charge is 2.13. The topological polar surface area (TPSA) is 89.7 Å². The highest BCUT2D eigenvalue weighted by Crippen LogP contribution is 2.34. The Bertz CT molecular complexity index is 1270. The lowest BCUT2D eigenvalue weighted by Crippen LogP contribution is -1.97. The van der Waals surface area contributed by atoms with Gasteiger partial charge in [0.15, 0.2) is 0 Å². The predicted octanol–water partition coefficient (Wildman–Crippen LogP) is 4.88. The molecule has 0 spiro atoms. The number of methoxy groups -OCH3 is 1. The average molecular weight is 399 g/mol. The monoisotopic (exact) mass is 399 g/mol. The lowest BCUT2D eigenvalue weighted by molar-refractivity contribution is 0.402. The number of rotatable bonds is 6. The van der Waals surface area contributed by atoms with Crippen molar-refractivity contribution >= 4 is 27.5 Å². The second-order valence-electron chi connectivity index (χ2n) is 7.09. The maximum atomic E-state index is 5.74. The summed E-state index contributed by atoms with van der Waals surface area (Å²) in [4.78, 5) is 16.5. The van der Waals surface area contributed by atoms with E-state index in [1.165, 1.54) is 6.33 Å². The number of nitrogens with two attached hydrogens (primary N) is 1. The van der Waals surface area contributed by atoms with E-state index in [1.54, 1.807) is 7.11 Å². The Morgan fingerprint density at radius 2 is 2.00 bits per heavy atom. The van der Waals surface area contributed by atoms with Crippen LogP contribution in [0.25, 0.3) is 38.6 Å². The molecule has 152 valence electrons. The number of nitrogens with zero attached hydrogens (tertiary/aromatic N) is 3. The fourth-order valence-corrected chi connectivity index (χ4v) is 3.75. The van der Waals surface area contributed by atoms with Crippen molar-refractivity contribution in [2.24, 2.45) is 5.73 Å². The van der Waals surface area contributed by atoms with Gasteiger partial charge in [0.05, 0.1) is 18.0 Å². The third-order valence-electron chi connectivity index (χ3n) is 5.20. The number of benzene rings is 1. The average Bonchev–Trinajstić information content (AvgIpc) is 3.20. The van der Waals surface area contributed by atoms with Crippen LogP contribution in [0.1, 0.15) is 25.8 Å². The minimum atomic E-state index is 0.513. The van der Waals surface area contributed by atoms with E-state index in [1.807, 2.05) is 24.5 Å². The molecule has 0 bridgehead atoms. The first kappa shape index (κ1) is 19.8. The first-order chi connectivity index (χ1) is 14.7. The van der Waals surface area contributed by atoms with Gasteiger partial charge in [-0.2, -0.15) is 0 Å². The molecule has 0 amide bonds. The number of aromatic nitrogens is 4. The maximum Gasteiger partial charge on any atom is 0.224 e. The molecule has 0 saturated heterocycles. The summed E-state index contributed by atoms with van der Waals surface area (Å²) in [5.74, 6) is 0.566. The molecule has 0 unspecified atom stereocenters. The number of aromatic amines is 1. The molecule has 30 heavy (non-hydrogen) atoms.